The molecule has 0 bridgehead atoms. The maximum atomic E-state index is 12.5. The van der Waals surface area contributed by atoms with Crippen LogP contribution in [0.1, 0.15) is 11.3 Å². The molecule has 1 aromatic carbocycles. The molecule has 2 amide bonds. The van der Waals surface area contributed by atoms with Crippen molar-refractivity contribution in [2.45, 2.75) is 20.0 Å². The number of urea groups is 1. The van der Waals surface area contributed by atoms with Gasteiger partial charge in [0.05, 0.1) is 24.9 Å². The second-order valence-corrected chi connectivity index (χ2v) is 8.29. The van der Waals surface area contributed by atoms with Gasteiger partial charge >= 0.3 is 6.03 Å². The van der Waals surface area contributed by atoms with Crippen molar-refractivity contribution in [1.82, 2.24) is 19.2 Å². The summed E-state index contributed by atoms with van der Waals surface area (Å²) in [4.78, 5) is 23.3. The molecule has 0 radical (unpaired) electrons. The van der Waals surface area contributed by atoms with Gasteiger partial charge in [-0.3, -0.25) is 0 Å². The number of hydrogen-bond acceptors (Lipinski definition) is 4. The number of fused-ring (bicyclic) bond motifs is 1. The Kier molecular flexibility index (Phi) is 4.62. The summed E-state index contributed by atoms with van der Waals surface area (Å²) in [6.07, 6.45) is 1.69. The van der Waals surface area contributed by atoms with Crippen LogP contribution >= 0.6 is 0 Å². The number of aromatic nitrogens is 2. The normalized spacial score (nSPS) is 17.5. The molecule has 7 nitrogen and oxygen atoms in total. The van der Waals surface area contributed by atoms with E-state index in [2.05, 4.69) is 41.3 Å². The number of carbonyl (C=O) groups excluding carboxylic acids is 1. The molecule has 2 fully saturated rings. The van der Waals surface area contributed by atoms with Crippen LogP contribution in [0.2, 0.25) is 0 Å². The van der Waals surface area contributed by atoms with Gasteiger partial charge in [-0.25, -0.2) is 9.78 Å². The van der Waals surface area contributed by atoms with E-state index in [0.29, 0.717) is 26.2 Å². The van der Waals surface area contributed by atoms with Crippen LogP contribution in [-0.2, 0) is 0 Å². The number of benzene rings is 1. The number of aryl methyl sites for hydroxylation is 2. The van der Waals surface area contributed by atoms with Gasteiger partial charge in [-0.2, -0.15) is 0 Å². The lowest BCUT2D eigenvalue weighted by Gasteiger charge is -2.42. The van der Waals surface area contributed by atoms with Gasteiger partial charge in [0.1, 0.15) is 5.65 Å². The second kappa shape index (κ2) is 7.32. The molecule has 5 rings (SSSR count). The van der Waals surface area contributed by atoms with E-state index in [4.69, 9.17) is 4.98 Å². The molecule has 2 aromatic heterocycles. The zero-order valence-electron chi connectivity index (χ0n) is 17.5. The summed E-state index contributed by atoms with van der Waals surface area (Å²) < 4.78 is 2.12. The molecule has 2 saturated heterocycles. The predicted molar refractivity (Wildman–Crippen MR) is 117 cm³/mol. The average molecular weight is 406 g/mol. The van der Waals surface area contributed by atoms with Gasteiger partial charge in [0.15, 0.2) is 0 Å². The molecule has 3 aromatic rings. The van der Waals surface area contributed by atoms with Crippen LogP contribution in [0.15, 0.2) is 42.6 Å². The number of anilines is 1. The van der Waals surface area contributed by atoms with Crippen molar-refractivity contribution in [3.63, 3.8) is 0 Å². The van der Waals surface area contributed by atoms with Gasteiger partial charge in [0.25, 0.3) is 0 Å². The van der Waals surface area contributed by atoms with Crippen molar-refractivity contribution in [2.24, 2.45) is 0 Å². The number of rotatable bonds is 2. The zero-order valence-corrected chi connectivity index (χ0v) is 17.5. The molecule has 7 heteroatoms. The maximum absolute atomic E-state index is 12.5. The van der Waals surface area contributed by atoms with Crippen molar-refractivity contribution in [1.29, 1.82) is 0 Å². The standard InChI is InChI=1S/C23H27N5O2/c1-16-6-7-18(13-20(16)22-17(2)28-8-4-3-5-21(28)24-22)25-9-11-26(12-10-25)23(30)27-14-19(29)15-27/h3-8,13,19,29H,9-12,14-15H2,1-2H3. The van der Waals surface area contributed by atoms with Crippen LogP contribution in [0, 0.1) is 13.8 Å². The van der Waals surface area contributed by atoms with E-state index in [1.807, 2.05) is 29.3 Å². The molecule has 4 heterocycles. The smallest absolute Gasteiger partial charge is 0.320 e. The Morgan fingerprint density at radius 2 is 1.80 bits per heavy atom. The number of aliphatic hydroxyl groups excluding tert-OH is 1. The molecule has 1 N–H and O–H groups in total. The molecule has 0 aliphatic carbocycles. The monoisotopic (exact) mass is 405 g/mol. The third kappa shape index (κ3) is 3.19. The molecule has 0 spiro atoms. The number of piperazine rings is 1. The Balaban J connectivity index is 1.35. The van der Waals surface area contributed by atoms with Crippen LogP contribution in [0.5, 0.6) is 0 Å². The number of nitrogens with zero attached hydrogens (tertiary/aromatic N) is 5. The third-order valence-electron chi connectivity index (χ3n) is 6.29. The van der Waals surface area contributed by atoms with Gasteiger partial charge in [-0.05, 0) is 43.7 Å². The Morgan fingerprint density at radius 3 is 2.50 bits per heavy atom. The second-order valence-electron chi connectivity index (χ2n) is 8.29. The summed E-state index contributed by atoms with van der Waals surface area (Å²) >= 11 is 0. The van der Waals surface area contributed by atoms with Crippen LogP contribution in [0.4, 0.5) is 10.5 Å². The van der Waals surface area contributed by atoms with E-state index in [0.717, 1.165) is 35.7 Å². The van der Waals surface area contributed by atoms with E-state index in [9.17, 15) is 9.90 Å². The number of carbonyl (C=O) groups is 1. The maximum Gasteiger partial charge on any atom is 0.320 e. The predicted octanol–water partition coefficient (Wildman–Crippen LogP) is 2.54. The molecule has 2 aliphatic heterocycles. The first-order valence-electron chi connectivity index (χ1n) is 10.5. The molecule has 30 heavy (non-hydrogen) atoms. The summed E-state index contributed by atoms with van der Waals surface area (Å²) in [5, 5.41) is 9.44. The number of hydrogen-bond donors (Lipinski definition) is 1. The minimum absolute atomic E-state index is 0.0462. The number of pyridine rings is 1. The summed E-state index contributed by atoms with van der Waals surface area (Å²) in [5.41, 5.74) is 6.64. The first-order chi connectivity index (χ1) is 14.5. The summed E-state index contributed by atoms with van der Waals surface area (Å²) in [5.74, 6) is 0. The van der Waals surface area contributed by atoms with Gasteiger partial charge in [-0.1, -0.05) is 12.1 Å². The van der Waals surface area contributed by atoms with Crippen LogP contribution < -0.4 is 4.90 Å². The molecule has 156 valence electrons. The van der Waals surface area contributed by atoms with Crippen molar-refractivity contribution in [2.75, 3.05) is 44.2 Å². The Bertz CT molecular complexity index is 1090. The van der Waals surface area contributed by atoms with Gasteiger partial charge in [0, 0.05) is 49.3 Å². The summed E-state index contributed by atoms with van der Waals surface area (Å²) in [6, 6.07) is 12.7. The molecule has 0 unspecified atom stereocenters. The van der Waals surface area contributed by atoms with Gasteiger partial charge in [0.2, 0.25) is 0 Å². The average Bonchev–Trinajstić information content (AvgIpc) is 3.08. The third-order valence-corrected chi connectivity index (χ3v) is 6.29. The number of aliphatic hydroxyl groups is 1. The lowest BCUT2D eigenvalue weighted by Crippen LogP contribution is -2.60. The van der Waals surface area contributed by atoms with Crippen molar-refractivity contribution in [3.05, 3.63) is 53.9 Å². The topological polar surface area (TPSA) is 64.3 Å². The Hall–Kier alpha value is -3.06. The number of likely N-dealkylation sites (tertiary alicyclic amines) is 1. The fraction of sp³-hybridized carbons (Fsp3) is 0.391. The molecular formula is C23H27N5O2. The van der Waals surface area contributed by atoms with E-state index >= 15 is 0 Å². The fourth-order valence-corrected chi connectivity index (χ4v) is 4.40. The minimum Gasteiger partial charge on any atom is -0.389 e. The van der Waals surface area contributed by atoms with Gasteiger partial charge in [-0.15, -0.1) is 0 Å². The van der Waals surface area contributed by atoms with Crippen molar-refractivity contribution in [3.8, 4) is 11.3 Å². The molecule has 0 saturated carbocycles. The molecular weight excluding hydrogens is 378 g/mol. The van der Waals surface area contributed by atoms with E-state index < -0.39 is 0 Å². The lowest BCUT2D eigenvalue weighted by molar-refractivity contribution is 0.0145. The highest BCUT2D eigenvalue weighted by Crippen LogP contribution is 2.31. The van der Waals surface area contributed by atoms with Crippen molar-refractivity contribution >= 4 is 17.4 Å². The van der Waals surface area contributed by atoms with Crippen LogP contribution in [0.25, 0.3) is 16.9 Å². The first kappa shape index (κ1) is 18.9. The molecule has 0 atom stereocenters. The van der Waals surface area contributed by atoms with Crippen LogP contribution in [-0.4, -0.2) is 75.7 Å². The highest BCUT2D eigenvalue weighted by molar-refractivity contribution is 5.76. The zero-order chi connectivity index (χ0) is 20.8. The SMILES string of the molecule is Cc1ccc(N2CCN(C(=O)N3CC(O)C3)CC2)cc1-c1nc2ccccn2c1C. The summed E-state index contributed by atoms with van der Waals surface area (Å²) in [7, 11) is 0. The number of amides is 2. The molecule has 2 aliphatic rings. The van der Waals surface area contributed by atoms with E-state index in [1.165, 1.54) is 11.3 Å². The first-order valence-corrected chi connectivity index (χ1v) is 10.5. The van der Waals surface area contributed by atoms with Crippen LogP contribution in [0.3, 0.4) is 0 Å². The fourth-order valence-electron chi connectivity index (χ4n) is 4.40. The van der Waals surface area contributed by atoms with E-state index in [1.54, 1.807) is 4.90 Å². The van der Waals surface area contributed by atoms with Gasteiger partial charge < -0.3 is 24.2 Å². The minimum atomic E-state index is -0.357. The van der Waals surface area contributed by atoms with Crippen molar-refractivity contribution < 1.29 is 9.90 Å². The largest absolute Gasteiger partial charge is 0.389 e. The number of imidazole rings is 1. The lowest BCUT2D eigenvalue weighted by atomic mass is 10.0. The highest BCUT2D eigenvalue weighted by atomic mass is 16.3. The Morgan fingerprint density at radius 1 is 1.03 bits per heavy atom. The Labute approximate surface area is 176 Å². The summed E-state index contributed by atoms with van der Waals surface area (Å²) in [6.45, 7) is 8.14. The number of β-amino-alcohol motifs (C(OH)–C–C–N with tert-alkyl or cyclic N) is 1. The van der Waals surface area contributed by atoms with E-state index in [-0.39, 0.29) is 12.1 Å². The highest BCUT2D eigenvalue weighted by Gasteiger charge is 2.33. The quantitative estimate of drug-likeness (QED) is 0.712.